The van der Waals surface area contributed by atoms with Crippen LogP contribution >= 0.6 is 0 Å². The zero-order valence-corrected chi connectivity index (χ0v) is 16.4. The first-order chi connectivity index (χ1) is 12.7. The van der Waals surface area contributed by atoms with Crippen molar-refractivity contribution in [1.29, 1.82) is 0 Å². The van der Waals surface area contributed by atoms with Crippen LogP contribution in [0.2, 0.25) is 0 Å². The molecule has 146 valence electrons. The van der Waals surface area contributed by atoms with E-state index in [2.05, 4.69) is 4.40 Å². The molecule has 0 spiro atoms. The summed E-state index contributed by atoms with van der Waals surface area (Å²) in [5.41, 5.74) is 0.601. The molecule has 0 unspecified atom stereocenters. The topological polar surface area (TPSA) is 96.3 Å². The predicted octanol–water partition coefficient (Wildman–Crippen LogP) is 0.867. The van der Waals surface area contributed by atoms with Crippen LogP contribution in [0.1, 0.15) is 25.3 Å². The lowest BCUT2D eigenvalue weighted by Gasteiger charge is -2.32. The van der Waals surface area contributed by atoms with Gasteiger partial charge in [-0.25, -0.2) is 0 Å². The molecule has 0 radical (unpaired) electrons. The molecule has 0 N–H and O–H groups in total. The number of amides is 1. The number of carbonyl (C=O) groups excluding carboxylic acids is 2. The molecule has 1 amide bonds. The highest BCUT2D eigenvalue weighted by Crippen LogP contribution is 2.30. The molecule has 27 heavy (non-hydrogen) atoms. The first-order valence-electron chi connectivity index (χ1n) is 8.81. The van der Waals surface area contributed by atoms with E-state index in [1.807, 2.05) is 4.90 Å². The number of hydrogen-bond acceptors (Lipinski definition) is 6. The number of likely N-dealkylation sites (tertiary alicyclic amines) is 1. The van der Waals surface area contributed by atoms with Gasteiger partial charge >= 0.3 is 5.97 Å². The number of nitrogens with zero attached hydrogens (tertiary/aromatic N) is 3. The summed E-state index contributed by atoms with van der Waals surface area (Å²) in [5.74, 6) is -0.525. The van der Waals surface area contributed by atoms with Gasteiger partial charge in [-0.3, -0.25) is 9.59 Å². The summed E-state index contributed by atoms with van der Waals surface area (Å²) in [6, 6.07) is 6.75. The third-order valence-electron chi connectivity index (χ3n) is 4.82. The Morgan fingerprint density at radius 2 is 1.85 bits per heavy atom. The van der Waals surface area contributed by atoms with Gasteiger partial charge in [0.2, 0.25) is 0 Å². The molecule has 0 aromatic heterocycles. The molecule has 1 atom stereocenters. The molecule has 0 aliphatic carbocycles. The van der Waals surface area contributed by atoms with Gasteiger partial charge in [0.15, 0.2) is 11.9 Å². The number of amidine groups is 1. The van der Waals surface area contributed by atoms with Crippen LogP contribution in [0.4, 0.5) is 0 Å². The van der Waals surface area contributed by atoms with E-state index in [0.717, 1.165) is 0 Å². The van der Waals surface area contributed by atoms with Crippen molar-refractivity contribution in [2.45, 2.75) is 30.8 Å². The van der Waals surface area contributed by atoms with Crippen LogP contribution in [0.15, 0.2) is 33.6 Å². The van der Waals surface area contributed by atoms with Crippen molar-refractivity contribution in [1.82, 2.24) is 9.80 Å². The summed E-state index contributed by atoms with van der Waals surface area (Å²) in [5, 5.41) is 0. The van der Waals surface area contributed by atoms with E-state index in [4.69, 9.17) is 4.74 Å². The predicted molar refractivity (Wildman–Crippen MR) is 98.7 cm³/mol. The number of carbonyl (C=O) groups is 2. The molecule has 2 aliphatic heterocycles. The molecule has 1 fully saturated rings. The molecule has 1 saturated heterocycles. The minimum Gasteiger partial charge on any atom is -0.452 e. The average Bonchev–Trinajstić information content (AvgIpc) is 2.92. The van der Waals surface area contributed by atoms with Gasteiger partial charge in [-0.2, -0.15) is 8.42 Å². The lowest BCUT2D eigenvalue weighted by atomic mass is 9.96. The Morgan fingerprint density at radius 1 is 1.22 bits per heavy atom. The van der Waals surface area contributed by atoms with Crippen LogP contribution in [-0.4, -0.2) is 69.2 Å². The smallest absolute Gasteiger partial charge is 0.309 e. The maximum atomic E-state index is 12.3. The average molecular weight is 393 g/mol. The molecular weight excluding hydrogens is 370 g/mol. The van der Waals surface area contributed by atoms with Crippen LogP contribution < -0.4 is 0 Å². The van der Waals surface area contributed by atoms with Gasteiger partial charge in [-0.1, -0.05) is 12.1 Å². The van der Waals surface area contributed by atoms with Crippen molar-refractivity contribution in [3.63, 3.8) is 0 Å². The maximum Gasteiger partial charge on any atom is 0.309 e. The Morgan fingerprint density at radius 3 is 2.48 bits per heavy atom. The summed E-state index contributed by atoms with van der Waals surface area (Å²) in [6.45, 7) is 2.56. The van der Waals surface area contributed by atoms with Gasteiger partial charge in [0.25, 0.3) is 15.9 Å². The number of fused-ring (bicyclic) bond motifs is 1. The summed E-state index contributed by atoms with van der Waals surface area (Å²) >= 11 is 0. The molecule has 2 heterocycles. The van der Waals surface area contributed by atoms with E-state index in [-0.39, 0.29) is 16.7 Å². The number of likely N-dealkylation sites (N-methyl/N-ethyl adjacent to an activating group) is 1. The van der Waals surface area contributed by atoms with Gasteiger partial charge in [-0.05, 0) is 31.9 Å². The molecule has 2 aliphatic rings. The number of benzene rings is 1. The van der Waals surface area contributed by atoms with E-state index >= 15 is 0 Å². The molecular formula is C18H23N3O5S. The number of esters is 1. The molecule has 3 rings (SSSR count). The molecule has 0 saturated carbocycles. The molecule has 8 nitrogen and oxygen atoms in total. The Balaban J connectivity index is 1.63. The lowest BCUT2D eigenvalue weighted by Crippen LogP contribution is -2.42. The van der Waals surface area contributed by atoms with E-state index in [1.54, 1.807) is 45.3 Å². The minimum atomic E-state index is -3.66. The SMILES string of the molecule is C[C@@H](OC(=O)C1CCN(C2=NS(=O)(=O)c3ccccc32)CC1)C(=O)N(C)C. The van der Waals surface area contributed by atoms with E-state index in [0.29, 0.717) is 37.3 Å². The molecule has 1 aromatic rings. The Kier molecular flexibility index (Phi) is 5.23. The van der Waals surface area contributed by atoms with Crippen molar-refractivity contribution >= 4 is 27.7 Å². The normalized spacial score (nSPS) is 19.8. The van der Waals surface area contributed by atoms with E-state index in [1.165, 1.54) is 4.90 Å². The van der Waals surface area contributed by atoms with Gasteiger partial charge in [0.1, 0.15) is 4.90 Å². The minimum absolute atomic E-state index is 0.220. The van der Waals surface area contributed by atoms with E-state index in [9.17, 15) is 18.0 Å². The maximum absolute atomic E-state index is 12.3. The van der Waals surface area contributed by atoms with Crippen molar-refractivity contribution in [3.05, 3.63) is 29.8 Å². The number of sulfonamides is 1. The fourth-order valence-electron chi connectivity index (χ4n) is 3.33. The standard InChI is InChI=1S/C18H23N3O5S/c1-12(17(22)20(2)3)26-18(23)13-8-10-21(11-9-13)16-14-6-4-5-7-15(14)27(24,25)19-16/h4-7,12-13H,8-11H2,1-3H3/t12-/m1/s1. The van der Waals surface area contributed by atoms with Gasteiger partial charge < -0.3 is 14.5 Å². The van der Waals surface area contributed by atoms with Gasteiger partial charge in [-0.15, -0.1) is 4.40 Å². The van der Waals surface area contributed by atoms with Crippen molar-refractivity contribution in [3.8, 4) is 0 Å². The lowest BCUT2D eigenvalue weighted by molar-refractivity contribution is -0.162. The number of ether oxygens (including phenoxy) is 1. The van der Waals surface area contributed by atoms with Gasteiger partial charge in [0.05, 0.1) is 5.92 Å². The number of piperidine rings is 1. The first kappa shape index (κ1) is 19.3. The highest BCUT2D eigenvalue weighted by molar-refractivity contribution is 7.90. The fourth-order valence-corrected chi connectivity index (χ4v) is 4.56. The summed E-state index contributed by atoms with van der Waals surface area (Å²) < 4.78 is 33.6. The van der Waals surface area contributed by atoms with Crippen molar-refractivity contribution in [2.24, 2.45) is 10.3 Å². The largest absolute Gasteiger partial charge is 0.452 e. The molecule has 1 aromatic carbocycles. The Labute approximate surface area is 158 Å². The fraction of sp³-hybridized carbons (Fsp3) is 0.500. The summed E-state index contributed by atoms with van der Waals surface area (Å²) in [6.07, 6.45) is 0.216. The second-order valence-electron chi connectivity index (χ2n) is 6.96. The first-order valence-corrected chi connectivity index (χ1v) is 10.3. The van der Waals surface area contributed by atoms with Crippen LogP contribution in [-0.2, 0) is 24.3 Å². The van der Waals surface area contributed by atoms with Crippen LogP contribution in [0, 0.1) is 5.92 Å². The summed E-state index contributed by atoms with van der Waals surface area (Å²) in [4.78, 5) is 27.7. The molecule has 9 heteroatoms. The quantitative estimate of drug-likeness (QED) is 0.707. The molecule has 0 bridgehead atoms. The second-order valence-corrected chi connectivity index (χ2v) is 8.53. The van der Waals surface area contributed by atoms with Crippen LogP contribution in [0.5, 0.6) is 0 Å². The Bertz CT molecular complexity index is 886. The highest BCUT2D eigenvalue weighted by atomic mass is 32.2. The van der Waals surface area contributed by atoms with Crippen LogP contribution in [0.25, 0.3) is 0 Å². The van der Waals surface area contributed by atoms with E-state index < -0.39 is 22.1 Å². The van der Waals surface area contributed by atoms with Gasteiger partial charge in [0, 0.05) is 32.7 Å². The number of rotatable bonds is 3. The monoisotopic (exact) mass is 393 g/mol. The second kappa shape index (κ2) is 7.30. The Hall–Kier alpha value is -2.42. The van der Waals surface area contributed by atoms with Crippen molar-refractivity contribution < 1.29 is 22.7 Å². The number of hydrogen-bond donors (Lipinski definition) is 0. The van der Waals surface area contributed by atoms with Crippen molar-refractivity contribution in [2.75, 3.05) is 27.2 Å². The zero-order valence-electron chi connectivity index (χ0n) is 15.6. The third-order valence-corrected chi connectivity index (χ3v) is 6.15. The van der Waals surface area contributed by atoms with Crippen LogP contribution in [0.3, 0.4) is 0 Å². The third kappa shape index (κ3) is 3.83. The highest BCUT2D eigenvalue weighted by Gasteiger charge is 2.35. The zero-order chi connectivity index (χ0) is 19.8. The summed E-state index contributed by atoms with van der Waals surface area (Å²) in [7, 11) is -0.434.